The van der Waals surface area contributed by atoms with Crippen LogP contribution in [0.5, 0.6) is 0 Å². The van der Waals surface area contributed by atoms with Gasteiger partial charge in [-0.2, -0.15) is 0 Å². The summed E-state index contributed by atoms with van der Waals surface area (Å²) in [6.07, 6.45) is 4.62. The minimum absolute atomic E-state index is 0.161. The van der Waals surface area contributed by atoms with Crippen LogP contribution in [0.15, 0.2) is 28.6 Å². The van der Waals surface area contributed by atoms with Gasteiger partial charge in [0.2, 0.25) is 11.0 Å². The maximum Gasteiger partial charge on any atom is 0.235 e. The van der Waals surface area contributed by atoms with Gasteiger partial charge >= 0.3 is 0 Å². The van der Waals surface area contributed by atoms with Crippen molar-refractivity contribution in [3.05, 3.63) is 35.6 Å². The molecule has 8 heteroatoms. The summed E-state index contributed by atoms with van der Waals surface area (Å²) in [4.78, 5) is 14.6. The van der Waals surface area contributed by atoms with Crippen molar-refractivity contribution in [2.45, 2.75) is 48.7 Å². The summed E-state index contributed by atoms with van der Waals surface area (Å²) in [5.74, 6) is -0.0562. The molecule has 140 valence electrons. The van der Waals surface area contributed by atoms with Crippen LogP contribution in [0.2, 0.25) is 0 Å². The highest BCUT2D eigenvalue weighted by Gasteiger charge is 2.23. The largest absolute Gasteiger partial charge is 0.356 e. The molecule has 0 unspecified atom stereocenters. The topological polar surface area (TPSA) is 58.1 Å². The maximum absolute atomic E-state index is 12.9. The Hall–Kier alpha value is -1.67. The number of rotatable bonds is 6. The molecule has 1 saturated heterocycles. The molecule has 1 aliphatic rings. The van der Waals surface area contributed by atoms with Crippen LogP contribution in [0, 0.1) is 5.82 Å². The molecular formula is C18H23FN4OS2. The number of anilines is 1. The van der Waals surface area contributed by atoms with E-state index in [1.807, 2.05) is 11.8 Å². The third kappa shape index (κ3) is 5.41. The van der Waals surface area contributed by atoms with Gasteiger partial charge in [0.15, 0.2) is 4.34 Å². The Morgan fingerprint density at radius 1 is 1.23 bits per heavy atom. The van der Waals surface area contributed by atoms with Crippen molar-refractivity contribution in [2.24, 2.45) is 0 Å². The first kappa shape index (κ1) is 19.1. The second kappa shape index (κ2) is 9.32. The predicted octanol–water partition coefficient (Wildman–Crippen LogP) is 4.17. The van der Waals surface area contributed by atoms with Gasteiger partial charge in [0.25, 0.3) is 0 Å². The SMILES string of the molecule is C[C@@H](Sc1nnc(NCc2ccc(F)cc2)s1)C(=O)N1CCCCCC1. The summed E-state index contributed by atoms with van der Waals surface area (Å²) in [7, 11) is 0. The molecule has 1 aromatic heterocycles. The van der Waals surface area contributed by atoms with E-state index in [0.717, 1.165) is 35.8 Å². The van der Waals surface area contributed by atoms with E-state index in [1.165, 1.54) is 48.1 Å². The second-order valence-electron chi connectivity index (χ2n) is 6.35. The summed E-state index contributed by atoms with van der Waals surface area (Å²) in [5, 5.41) is 12.0. The number of thioether (sulfide) groups is 1. The van der Waals surface area contributed by atoms with E-state index in [9.17, 15) is 9.18 Å². The first-order valence-electron chi connectivity index (χ1n) is 8.89. The molecule has 1 aliphatic heterocycles. The highest BCUT2D eigenvalue weighted by molar-refractivity contribution is 8.02. The van der Waals surface area contributed by atoms with Crippen LogP contribution in [0.4, 0.5) is 9.52 Å². The zero-order valence-electron chi connectivity index (χ0n) is 14.8. The number of hydrogen-bond acceptors (Lipinski definition) is 6. The Labute approximate surface area is 161 Å². The normalized spacial score (nSPS) is 16.2. The van der Waals surface area contributed by atoms with Crippen molar-refractivity contribution in [3.8, 4) is 0 Å². The molecule has 1 atom stereocenters. The fourth-order valence-corrected chi connectivity index (χ4v) is 4.83. The van der Waals surface area contributed by atoms with Crippen LogP contribution in [0.25, 0.3) is 0 Å². The van der Waals surface area contributed by atoms with Gasteiger partial charge in [0.05, 0.1) is 5.25 Å². The van der Waals surface area contributed by atoms with Crippen molar-refractivity contribution in [1.82, 2.24) is 15.1 Å². The summed E-state index contributed by atoms with van der Waals surface area (Å²) in [6, 6.07) is 6.35. The van der Waals surface area contributed by atoms with Gasteiger partial charge in [0, 0.05) is 19.6 Å². The van der Waals surface area contributed by atoms with Gasteiger partial charge in [-0.05, 0) is 37.5 Å². The van der Waals surface area contributed by atoms with Crippen molar-refractivity contribution in [3.63, 3.8) is 0 Å². The van der Waals surface area contributed by atoms with Crippen LogP contribution >= 0.6 is 23.1 Å². The Morgan fingerprint density at radius 2 is 1.92 bits per heavy atom. The van der Waals surface area contributed by atoms with Gasteiger partial charge in [-0.25, -0.2) is 4.39 Å². The lowest BCUT2D eigenvalue weighted by molar-refractivity contribution is -0.130. The van der Waals surface area contributed by atoms with Crippen LogP contribution in [-0.2, 0) is 11.3 Å². The highest BCUT2D eigenvalue weighted by Crippen LogP contribution is 2.30. The first-order valence-corrected chi connectivity index (χ1v) is 10.6. The third-order valence-corrected chi connectivity index (χ3v) is 6.36. The van der Waals surface area contributed by atoms with E-state index in [1.54, 1.807) is 12.1 Å². The molecule has 1 fully saturated rings. The molecule has 0 spiro atoms. The molecule has 2 heterocycles. The van der Waals surface area contributed by atoms with Gasteiger partial charge in [-0.3, -0.25) is 4.79 Å². The Bertz CT molecular complexity index is 714. The quantitative estimate of drug-likeness (QED) is 0.745. The average molecular weight is 395 g/mol. The number of nitrogens with zero attached hydrogens (tertiary/aromatic N) is 3. The number of benzene rings is 1. The zero-order chi connectivity index (χ0) is 18.4. The van der Waals surface area contributed by atoms with Crippen LogP contribution in [0.3, 0.4) is 0 Å². The predicted molar refractivity (Wildman–Crippen MR) is 104 cm³/mol. The van der Waals surface area contributed by atoms with E-state index < -0.39 is 0 Å². The van der Waals surface area contributed by atoms with Crippen molar-refractivity contribution in [2.75, 3.05) is 18.4 Å². The number of aromatic nitrogens is 2. The van der Waals surface area contributed by atoms with Gasteiger partial charge in [-0.15, -0.1) is 10.2 Å². The molecule has 0 radical (unpaired) electrons. The van der Waals surface area contributed by atoms with Crippen LogP contribution in [-0.4, -0.2) is 39.3 Å². The highest BCUT2D eigenvalue weighted by atomic mass is 32.2. The second-order valence-corrected chi connectivity index (χ2v) is 8.92. The lowest BCUT2D eigenvalue weighted by Gasteiger charge is -2.23. The standard InChI is InChI=1S/C18H23FN4OS2/c1-13(16(24)23-10-4-2-3-5-11-23)25-18-22-21-17(26-18)20-12-14-6-8-15(19)9-7-14/h6-9,13H,2-5,10-12H2,1H3,(H,20,21)/t13-/m1/s1. The number of halogens is 1. The Kier molecular flexibility index (Phi) is 6.85. The molecule has 1 amide bonds. The smallest absolute Gasteiger partial charge is 0.235 e. The number of carbonyl (C=O) groups excluding carboxylic acids is 1. The monoisotopic (exact) mass is 394 g/mol. The molecule has 3 rings (SSSR count). The summed E-state index contributed by atoms with van der Waals surface area (Å²) in [6.45, 7) is 4.22. The van der Waals surface area contributed by atoms with Crippen molar-refractivity contribution < 1.29 is 9.18 Å². The molecule has 2 aromatic rings. The number of nitrogens with one attached hydrogen (secondary N) is 1. The van der Waals surface area contributed by atoms with Crippen LogP contribution in [0.1, 0.15) is 38.2 Å². The van der Waals surface area contributed by atoms with E-state index >= 15 is 0 Å². The number of carbonyl (C=O) groups is 1. The van der Waals surface area contributed by atoms with E-state index in [2.05, 4.69) is 15.5 Å². The fraction of sp³-hybridized carbons (Fsp3) is 0.500. The molecule has 26 heavy (non-hydrogen) atoms. The fourth-order valence-electron chi connectivity index (χ4n) is 2.86. The minimum atomic E-state index is -0.244. The van der Waals surface area contributed by atoms with Crippen molar-refractivity contribution >= 4 is 34.1 Å². The Morgan fingerprint density at radius 3 is 2.62 bits per heavy atom. The average Bonchev–Trinajstić information content (AvgIpc) is 2.91. The molecule has 5 nitrogen and oxygen atoms in total. The molecule has 1 N–H and O–H groups in total. The van der Waals surface area contributed by atoms with E-state index in [4.69, 9.17) is 0 Å². The third-order valence-electron chi connectivity index (χ3n) is 4.31. The van der Waals surface area contributed by atoms with E-state index in [0.29, 0.717) is 11.7 Å². The van der Waals surface area contributed by atoms with E-state index in [-0.39, 0.29) is 17.0 Å². The maximum atomic E-state index is 12.9. The van der Waals surface area contributed by atoms with Gasteiger partial charge in [0.1, 0.15) is 5.82 Å². The number of hydrogen-bond donors (Lipinski definition) is 1. The summed E-state index contributed by atoms with van der Waals surface area (Å²) < 4.78 is 13.7. The molecule has 0 aliphatic carbocycles. The number of amides is 1. The van der Waals surface area contributed by atoms with Crippen LogP contribution < -0.4 is 5.32 Å². The molecular weight excluding hydrogens is 371 g/mol. The van der Waals surface area contributed by atoms with Gasteiger partial charge < -0.3 is 10.2 Å². The van der Waals surface area contributed by atoms with Gasteiger partial charge in [-0.1, -0.05) is 48.1 Å². The summed E-state index contributed by atoms with van der Waals surface area (Å²) >= 11 is 2.90. The lowest BCUT2D eigenvalue weighted by Crippen LogP contribution is -2.37. The number of likely N-dealkylation sites (tertiary alicyclic amines) is 1. The first-order chi connectivity index (χ1) is 12.6. The molecule has 1 aromatic carbocycles. The minimum Gasteiger partial charge on any atom is -0.356 e. The lowest BCUT2D eigenvalue weighted by atomic mass is 10.2. The Balaban J connectivity index is 1.50. The van der Waals surface area contributed by atoms with Crippen molar-refractivity contribution in [1.29, 1.82) is 0 Å². The molecule has 0 bridgehead atoms. The molecule has 0 saturated carbocycles. The zero-order valence-corrected chi connectivity index (χ0v) is 16.4. The summed E-state index contributed by atoms with van der Waals surface area (Å²) in [5.41, 5.74) is 0.973.